The maximum Gasteiger partial charge on any atom is 0.330 e. The fourth-order valence-electron chi connectivity index (χ4n) is 2.97. The lowest BCUT2D eigenvalue weighted by molar-refractivity contribution is -0.148. The molecule has 2 aromatic rings. The maximum absolute atomic E-state index is 12.1. The Morgan fingerprint density at radius 3 is 2.67 bits per heavy atom. The predicted octanol–water partition coefficient (Wildman–Crippen LogP) is 2.16. The number of ether oxygens (including phenoxy) is 2. The molecule has 3 rings (SSSR count). The molecular formula is C19H22N2O5S. The second-order valence-corrected chi connectivity index (χ2v) is 7.71. The zero-order valence-corrected chi connectivity index (χ0v) is 16.2. The SMILES string of the molecule is CC(=O)O[C@H]1C[C@H](n2cc(C)c(=O)[nH]c2=O)O[C@@H]1CSc1ccc(C)cc1. The molecule has 0 unspecified atom stereocenters. The predicted molar refractivity (Wildman–Crippen MR) is 102 cm³/mol. The molecule has 7 nitrogen and oxygen atoms in total. The number of rotatable bonds is 5. The smallest absolute Gasteiger partial charge is 0.330 e. The van der Waals surface area contributed by atoms with E-state index in [4.69, 9.17) is 9.47 Å². The molecule has 0 spiro atoms. The number of aromatic nitrogens is 2. The molecule has 2 heterocycles. The van der Waals surface area contributed by atoms with Gasteiger partial charge in [-0.05, 0) is 26.0 Å². The summed E-state index contributed by atoms with van der Waals surface area (Å²) in [6.07, 6.45) is 0.422. The standard InChI is InChI=1S/C19H22N2O5S/c1-11-4-6-14(7-5-11)27-10-16-15(25-13(3)22)8-17(26-16)21-9-12(2)18(23)20-19(21)24/h4-7,9,15-17H,8,10H2,1-3H3,(H,20,23,24)/t15-,16+,17+/m0/s1. The first-order valence-corrected chi connectivity index (χ1v) is 9.66. The molecule has 1 aliphatic rings. The lowest BCUT2D eigenvalue weighted by atomic mass is 10.2. The quantitative estimate of drug-likeness (QED) is 0.622. The maximum atomic E-state index is 12.1. The number of benzene rings is 1. The fourth-order valence-corrected chi connectivity index (χ4v) is 3.95. The van der Waals surface area contributed by atoms with Crippen LogP contribution in [-0.4, -0.2) is 33.5 Å². The molecule has 8 heteroatoms. The average Bonchev–Trinajstić information content (AvgIpc) is 2.99. The first-order valence-electron chi connectivity index (χ1n) is 8.67. The van der Waals surface area contributed by atoms with Gasteiger partial charge in [-0.3, -0.25) is 19.1 Å². The summed E-state index contributed by atoms with van der Waals surface area (Å²) < 4.78 is 12.8. The van der Waals surface area contributed by atoms with Gasteiger partial charge in [-0.2, -0.15) is 0 Å². The Balaban J connectivity index is 1.77. The van der Waals surface area contributed by atoms with Crippen LogP contribution in [0, 0.1) is 13.8 Å². The van der Waals surface area contributed by atoms with Crippen molar-refractivity contribution in [2.75, 3.05) is 5.75 Å². The summed E-state index contributed by atoms with van der Waals surface area (Å²) in [4.78, 5) is 38.6. The minimum Gasteiger partial charge on any atom is -0.460 e. The van der Waals surface area contributed by atoms with Crippen molar-refractivity contribution in [3.05, 3.63) is 62.4 Å². The molecule has 0 aliphatic carbocycles. The van der Waals surface area contributed by atoms with E-state index >= 15 is 0 Å². The molecule has 1 aliphatic heterocycles. The van der Waals surface area contributed by atoms with Crippen molar-refractivity contribution in [3.8, 4) is 0 Å². The van der Waals surface area contributed by atoms with Crippen molar-refractivity contribution in [1.29, 1.82) is 0 Å². The molecule has 27 heavy (non-hydrogen) atoms. The number of thioether (sulfide) groups is 1. The third-order valence-corrected chi connectivity index (χ3v) is 5.49. The molecule has 0 bridgehead atoms. The Hall–Kier alpha value is -2.32. The summed E-state index contributed by atoms with van der Waals surface area (Å²) >= 11 is 1.60. The van der Waals surface area contributed by atoms with E-state index in [9.17, 15) is 14.4 Å². The highest BCUT2D eigenvalue weighted by atomic mass is 32.2. The first-order chi connectivity index (χ1) is 12.8. The second-order valence-electron chi connectivity index (χ2n) is 6.62. The van der Waals surface area contributed by atoms with Crippen LogP contribution in [0.5, 0.6) is 0 Å². The van der Waals surface area contributed by atoms with Crippen LogP contribution in [-0.2, 0) is 14.3 Å². The van der Waals surface area contributed by atoms with Crippen LogP contribution in [0.25, 0.3) is 0 Å². The van der Waals surface area contributed by atoms with E-state index in [0.717, 1.165) is 4.90 Å². The van der Waals surface area contributed by atoms with Crippen LogP contribution < -0.4 is 11.2 Å². The Morgan fingerprint density at radius 2 is 2.00 bits per heavy atom. The Bertz CT molecular complexity index is 934. The highest BCUT2D eigenvalue weighted by molar-refractivity contribution is 7.99. The lowest BCUT2D eigenvalue weighted by Crippen LogP contribution is -2.33. The van der Waals surface area contributed by atoms with Gasteiger partial charge in [0.2, 0.25) is 0 Å². The van der Waals surface area contributed by atoms with Crippen LogP contribution in [0.2, 0.25) is 0 Å². The van der Waals surface area contributed by atoms with Crippen molar-refractivity contribution in [1.82, 2.24) is 9.55 Å². The number of aromatic amines is 1. The van der Waals surface area contributed by atoms with Crippen LogP contribution in [0.15, 0.2) is 44.9 Å². The minimum atomic E-state index is -0.596. The van der Waals surface area contributed by atoms with Gasteiger partial charge in [-0.25, -0.2) is 4.79 Å². The number of nitrogens with zero attached hydrogens (tertiary/aromatic N) is 1. The summed E-state index contributed by atoms with van der Waals surface area (Å²) in [5, 5.41) is 0. The first kappa shape index (κ1) is 19.4. The van der Waals surface area contributed by atoms with Crippen LogP contribution in [0.1, 0.15) is 30.7 Å². The van der Waals surface area contributed by atoms with Gasteiger partial charge in [0.05, 0.1) is 0 Å². The van der Waals surface area contributed by atoms with Gasteiger partial charge in [0, 0.05) is 35.8 Å². The van der Waals surface area contributed by atoms with E-state index in [-0.39, 0.29) is 12.1 Å². The third kappa shape index (κ3) is 4.70. The van der Waals surface area contributed by atoms with E-state index in [2.05, 4.69) is 4.98 Å². The van der Waals surface area contributed by atoms with Crippen LogP contribution >= 0.6 is 11.8 Å². The van der Waals surface area contributed by atoms with Gasteiger partial charge in [-0.1, -0.05) is 17.7 Å². The number of nitrogens with one attached hydrogen (secondary N) is 1. The molecule has 0 amide bonds. The largest absolute Gasteiger partial charge is 0.460 e. The molecule has 1 saturated heterocycles. The van der Waals surface area contributed by atoms with Gasteiger partial charge in [-0.15, -0.1) is 11.8 Å². The van der Waals surface area contributed by atoms with Crippen molar-refractivity contribution >= 4 is 17.7 Å². The fraction of sp³-hybridized carbons (Fsp3) is 0.421. The molecule has 1 fully saturated rings. The highest BCUT2D eigenvalue weighted by Gasteiger charge is 2.38. The normalized spacial score (nSPS) is 22.0. The number of carbonyl (C=O) groups is 1. The van der Waals surface area contributed by atoms with E-state index in [1.54, 1.807) is 18.7 Å². The summed E-state index contributed by atoms with van der Waals surface area (Å²) in [5.41, 5.74) is 0.642. The molecule has 1 N–H and O–H groups in total. The molecule has 0 radical (unpaired) electrons. The summed E-state index contributed by atoms with van der Waals surface area (Å²) in [6, 6.07) is 8.13. The van der Waals surface area contributed by atoms with Gasteiger partial charge >= 0.3 is 11.7 Å². The molecular weight excluding hydrogens is 368 g/mol. The zero-order valence-electron chi connectivity index (χ0n) is 15.4. The number of hydrogen-bond acceptors (Lipinski definition) is 6. The Morgan fingerprint density at radius 1 is 1.30 bits per heavy atom. The monoisotopic (exact) mass is 390 g/mol. The third-order valence-electron chi connectivity index (χ3n) is 4.39. The number of H-pyrrole nitrogens is 1. The van der Waals surface area contributed by atoms with Crippen LogP contribution in [0.4, 0.5) is 0 Å². The molecule has 144 valence electrons. The molecule has 1 aromatic carbocycles. The molecule has 3 atom stereocenters. The minimum absolute atomic E-state index is 0.351. The van der Waals surface area contributed by atoms with Gasteiger partial charge < -0.3 is 9.47 Å². The van der Waals surface area contributed by atoms with Gasteiger partial charge in [0.15, 0.2) is 0 Å². The topological polar surface area (TPSA) is 90.4 Å². The average molecular weight is 390 g/mol. The molecule has 0 saturated carbocycles. The highest BCUT2D eigenvalue weighted by Crippen LogP contribution is 2.33. The van der Waals surface area contributed by atoms with E-state index < -0.39 is 23.6 Å². The van der Waals surface area contributed by atoms with Gasteiger partial charge in [0.25, 0.3) is 5.56 Å². The summed E-state index contributed by atoms with van der Waals surface area (Å²) in [7, 11) is 0. The number of esters is 1. The van der Waals surface area contributed by atoms with Crippen molar-refractivity contribution in [3.63, 3.8) is 0 Å². The summed E-state index contributed by atoms with van der Waals surface area (Å²) in [6.45, 7) is 5.01. The van der Waals surface area contributed by atoms with Crippen LogP contribution in [0.3, 0.4) is 0 Å². The van der Waals surface area contributed by atoms with Crippen molar-refractivity contribution in [2.45, 2.75) is 50.5 Å². The zero-order chi connectivity index (χ0) is 19.6. The number of hydrogen-bond donors (Lipinski definition) is 1. The van der Waals surface area contributed by atoms with E-state index in [0.29, 0.717) is 17.7 Å². The molecule has 1 aromatic heterocycles. The Kier molecular flexibility index (Phi) is 5.86. The number of carbonyl (C=O) groups excluding carboxylic acids is 1. The summed E-state index contributed by atoms with van der Waals surface area (Å²) in [5.74, 6) is 0.189. The lowest BCUT2D eigenvalue weighted by Gasteiger charge is -2.18. The van der Waals surface area contributed by atoms with E-state index in [1.165, 1.54) is 23.3 Å². The van der Waals surface area contributed by atoms with Crippen molar-refractivity contribution < 1.29 is 14.3 Å². The van der Waals surface area contributed by atoms with E-state index in [1.807, 2.05) is 31.2 Å². The van der Waals surface area contributed by atoms with Crippen molar-refractivity contribution in [2.24, 2.45) is 0 Å². The Labute approximate surface area is 160 Å². The number of aryl methyl sites for hydroxylation is 2. The van der Waals surface area contributed by atoms with Gasteiger partial charge in [0.1, 0.15) is 18.4 Å². The second kappa shape index (κ2) is 8.14.